The van der Waals surface area contributed by atoms with Crippen molar-refractivity contribution >= 4 is 28.5 Å². The van der Waals surface area contributed by atoms with Gasteiger partial charge in [0.1, 0.15) is 17.0 Å². The summed E-state index contributed by atoms with van der Waals surface area (Å²) in [7, 11) is 0. The van der Waals surface area contributed by atoms with Gasteiger partial charge in [-0.3, -0.25) is 0 Å². The van der Waals surface area contributed by atoms with E-state index in [9.17, 15) is 28.2 Å². The lowest BCUT2D eigenvalue weighted by molar-refractivity contribution is -0.274. The first kappa shape index (κ1) is 17.8. The average Bonchev–Trinajstić information content (AvgIpc) is 2.53. The van der Waals surface area contributed by atoms with Crippen LogP contribution in [0.1, 0.15) is 10.4 Å². The summed E-state index contributed by atoms with van der Waals surface area (Å²) < 4.78 is 40.9. The van der Waals surface area contributed by atoms with Gasteiger partial charge < -0.3 is 14.9 Å². The molecule has 1 heterocycles. The molecule has 0 aliphatic carbocycles. The third-order valence-corrected chi connectivity index (χ3v) is 3.75. The number of hydrogen-bond donors (Lipinski definition) is 2. The molecule has 0 aliphatic rings. The highest BCUT2D eigenvalue weighted by molar-refractivity contribution is 6.30. The summed E-state index contributed by atoms with van der Waals surface area (Å²) in [4.78, 5) is 15.8. The molecule has 0 saturated heterocycles. The van der Waals surface area contributed by atoms with Gasteiger partial charge in [-0.1, -0.05) is 23.7 Å². The molecule has 2 N–H and O–H groups in total. The summed E-state index contributed by atoms with van der Waals surface area (Å²) in [6.07, 6.45) is -4.93. The van der Waals surface area contributed by atoms with E-state index in [2.05, 4.69) is 9.72 Å². The molecule has 0 amide bonds. The molecule has 0 atom stereocenters. The van der Waals surface area contributed by atoms with Crippen molar-refractivity contribution in [2.45, 2.75) is 6.36 Å². The summed E-state index contributed by atoms with van der Waals surface area (Å²) in [5, 5.41) is 20.0. The SMILES string of the molecule is O=C(O)c1c(O)c(-c2ccc(Cl)cc2)nc2ccc(OC(F)(F)F)cc12. The van der Waals surface area contributed by atoms with Gasteiger partial charge in [0.2, 0.25) is 0 Å². The number of ether oxygens (including phenoxy) is 1. The van der Waals surface area contributed by atoms with Crippen molar-refractivity contribution < 1.29 is 32.9 Å². The van der Waals surface area contributed by atoms with Crippen molar-refractivity contribution in [3.8, 4) is 22.8 Å². The molecule has 9 heteroatoms. The predicted octanol–water partition coefficient (Wildman–Crippen LogP) is 4.86. The smallest absolute Gasteiger partial charge is 0.505 e. The highest BCUT2D eigenvalue weighted by Gasteiger charge is 2.31. The highest BCUT2D eigenvalue weighted by atomic mass is 35.5. The Morgan fingerprint density at radius 3 is 2.35 bits per heavy atom. The minimum Gasteiger partial charge on any atom is -0.505 e. The Bertz CT molecular complexity index is 1000. The number of carboxylic acids is 1. The van der Waals surface area contributed by atoms with Crippen molar-refractivity contribution in [1.29, 1.82) is 0 Å². The van der Waals surface area contributed by atoms with Gasteiger partial charge >= 0.3 is 12.3 Å². The van der Waals surface area contributed by atoms with Gasteiger partial charge in [-0.25, -0.2) is 9.78 Å². The molecule has 134 valence electrons. The van der Waals surface area contributed by atoms with Crippen LogP contribution in [0.15, 0.2) is 42.5 Å². The molecule has 0 unspecified atom stereocenters. The third-order valence-electron chi connectivity index (χ3n) is 3.50. The number of hydrogen-bond acceptors (Lipinski definition) is 4. The van der Waals surface area contributed by atoms with Crippen molar-refractivity contribution in [1.82, 2.24) is 4.98 Å². The van der Waals surface area contributed by atoms with E-state index in [0.717, 1.165) is 12.1 Å². The fourth-order valence-electron chi connectivity index (χ4n) is 2.45. The molecule has 5 nitrogen and oxygen atoms in total. The number of nitrogens with zero attached hydrogens (tertiary/aromatic N) is 1. The fraction of sp³-hybridized carbons (Fsp3) is 0.0588. The Kier molecular flexibility index (Phi) is 4.37. The maximum Gasteiger partial charge on any atom is 0.573 e. The first-order valence-electron chi connectivity index (χ1n) is 7.07. The van der Waals surface area contributed by atoms with Crippen LogP contribution in [0.3, 0.4) is 0 Å². The third kappa shape index (κ3) is 3.50. The maximum absolute atomic E-state index is 12.4. The zero-order valence-electron chi connectivity index (χ0n) is 12.7. The zero-order chi connectivity index (χ0) is 19.1. The van der Waals surface area contributed by atoms with Crippen molar-refractivity contribution in [2.75, 3.05) is 0 Å². The number of rotatable bonds is 3. The minimum absolute atomic E-state index is 0.0314. The summed E-state index contributed by atoms with van der Waals surface area (Å²) in [5.74, 6) is -2.81. The minimum atomic E-state index is -4.93. The lowest BCUT2D eigenvalue weighted by Gasteiger charge is -2.13. The van der Waals surface area contributed by atoms with E-state index in [1.165, 1.54) is 30.3 Å². The van der Waals surface area contributed by atoms with Crippen LogP contribution in [-0.4, -0.2) is 27.5 Å². The second kappa shape index (κ2) is 6.38. The molecular formula is C17H9ClF3NO4. The van der Waals surface area contributed by atoms with Gasteiger partial charge in [-0.15, -0.1) is 13.2 Å². The van der Waals surface area contributed by atoms with Gasteiger partial charge in [0.15, 0.2) is 5.75 Å². The lowest BCUT2D eigenvalue weighted by Crippen LogP contribution is -2.17. The van der Waals surface area contributed by atoms with Crippen LogP contribution in [0.4, 0.5) is 13.2 Å². The molecule has 0 aliphatic heterocycles. The van der Waals surface area contributed by atoms with Gasteiger partial charge in [0.05, 0.1) is 5.52 Å². The molecule has 1 aromatic heterocycles. The molecule has 0 spiro atoms. The molecule has 3 aromatic rings. The van der Waals surface area contributed by atoms with Crippen LogP contribution in [0.5, 0.6) is 11.5 Å². The van der Waals surface area contributed by atoms with Crippen LogP contribution in [-0.2, 0) is 0 Å². The Labute approximate surface area is 149 Å². The van der Waals surface area contributed by atoms with Crippen molar-refractivity contribution in [3.05, 3.63) is 53.1 Å². The standard InChI is InChI=1S/C17H9ClF3NO4/c18-9-3-1-8(2-4-9)14-15(23)13(16(24)25)11-7-10(26-17(19,20)21)5-6-12(11)22-14/h1-7,23H,(H,24,25). The fourth-order valence-corrected chi connectivity index (χ4v) is 2.58. The number of benzene rings is 2. The molecule has 0 bridgehead atoms. The van der Waals surface area contributed by atoms with E-state index >= 15 is 0 Å². The second-order valence-electron chi connectivity index (χ2n) is 5.22. The maximum atomic E-state index is 12.4. The van der Waals surface area contributed by atoms with Gasteiger partial charge in [-0.2, -0.15) is 0 Å². The normalized spacial score (nSPS) is 11.5. The van der Waals surface area contributed by atoms with Crippen LogP contribution < -0.4 is 4.74 Å². The van der Waals surface area contributed by atoms with E-state index in [4.69, 9.17) is 11.6 Å². The Morgan fingerprint density at radius 1 is 1.12 bits per heavy atom. The summed E-state index contributed by atoms with van der Waals surface area (Å²) >= 11 is 5.80. The van der Waals surface area contributed by atoms with Gasteiger partial charge in [0, 0.05) is 16.0 Å². The number of carboxylic acid groups (broad SMARTS) is 1. The lowest BCUT2D eigenvalue weighted by atomic mass is 10.0. The topological polar surface area (TPSA) is 79.7 Å². The van der Waals surface area contributed by atoms with Crippen LogP contribution in [0, 0.1) is 0 Å². The molecule has 26 heavy (non-hydrogen) atoms. The van der Waals surface area contributed by atoms with E-state index in [-0.39, 0.29) is 16.6 Å². The van der Waals surface area contributed by atoms with E-state index in [1.807, 2.05) is 0 Å². The van der Waals surface area contributed by atoms with Crippen molar-refractivity contribution in [3.63, 3.8) is 0 Å². The van der Waals surface area contributed by atoms with Gasteiger partial charge in [-0.05, 0) is 30.3 Å². The van der Waals surface area contributed by atoms with E-state index in [1.54, 1.807) is 0 Å². The number of carbonyl (C=O) groups is 1. The van der Waals surface area contributed by atoms with Crippen molar-refractivity contribution in [2.24, 2.45) is 0 Å². The quantitative estimate of drug-likeness (QED) is 0.675. The molecule has 0 saturated carbocycles. The largest absolute Gasteiger partial charge is 0.573 e. The number of aromatic hydroxyl groups is 1. The zero-order valence-corrected chi connectivity index (χ0v) is 13.5. The number of aromatic carboxylic acids is 1. The number of aromatic nitrogens is 1. The monoisotopic (exact) mass is 383 g/mol. The van der Waals surface area contributed by atoms with E-state index < -0.39 is 29.4 Å². The first-order valence-corrected chi connectivity index (χ1v) is 7.45. The van der Waals surface area contributed by atoms with Gasteiger partial charge in [0.25, 0.3) is 0 Å². The summed E-state index contributed by atoms with van der Waals surface area (Å²) in [5.41, 5.74) is -0.129. The average molecular weight is 384 g/mol. The number of halogens is 4. The second-order valence-corrected chi connectivity index (χ2v) is 5.66. The Balaban J connectivity index is 2.25. The number of pyridine rings is 1. The number of fused-ring (bicyclic) bond motifs is 1. The highest BCUT2D eigenvalue weighted by Crippen LogP contribution is 2.37. The summed E-state index contributed by atoms with van der Waals surface area (Å²) in [6.45, 7) is 0. The molecular weight excluding hydrogens is 375 g/mol. The predicted molar refractivity (Wildman–Crippen MR) is 87.5 cm³/mol. The molecule has 2 aromatic carbocycles. The Morgan fingerprint density at radius 2 is 1.77 bits per heavy atom. The van der Waals surface area contributed by atoms with E-state index in [0.29, 0.717) is 10.6 Å². The first-order chi connectivity index (χ1) is 12.2. The molecule has 0 fully saturated rings. The molecule has 3 rings (SSSR count). The number of alkyl halides is 3. The van der Waals surface area contributed by atoms with Crippen LogP contribution >= 0.6 is 11.6 Å². The molecule has 0 radical (unpaired) electrons. The van der Waals surface area contributed by atoms with Crippen LogP contribution in [0.2, 0.25) is 5.02 Å². The summed E-state index contributed by atoms with van der Waals surface area (Å²) in [6, 6.07) is 9.18. The Hall–Kier alpha value is -3.00. The van der Waals surface area contributed by atoms with Crippen LogP contribution in [0.25, 0.3) is 22.2 Å².